The number of carbonyl (C=O) groups excluding carboxylic acids is 1. The van der Waals surface area contributed by atoms with Gasteiger partial charge >= 0.3 is 0 Å². The second-order valence-electron chi connectivity index (χ2n) is 8.70. The number of amides is 1. The molecule has 0 saturated heterocycles. The second-order valence-corrected chi connectivity index (χ2v) is 10.1. The van der Waals surface area contributed by atoms with E-state index in [1.807, 2.05) is 24.3 Å². The summed E-state index contributed by atoms with van der Waals surface area (Å²) in [6.45, 7) is 6.98. The third kappa shape index (κ3) is 5.44. The van der Waals surface area contributed by atoms with Crippen LogP contribution in [0.25, 0.3) is 17.1 Å². The first kappa shape index (κ1) is 23.8. The van der Waals surface area contributed by atoms with Crippen molar-refractivity contribution in [2.24, 2.45) is 0 Å². The van der Waals surface area contributed by atoms with Crippen molar-refractivity contribution in [2.75, 3.05) is 12.3 Å². The zero-order valence-electron chi connectivity index (χ0n) is 19.6. The Hall–Kier alpha value is -2.31. The Morgan fingerprint density at radius 1 is 1.12 bits per heavy atom. The normalized spacial score (nSPS) is 14.4. The molecule has 1 heterocycles. The first-order valence-corrected chi connectivity index (χ1v) is 13.1. The van der Waals surface area contributed by atoms with Gasteiger partial charge in [0.25, 0.3) is 0 Å². The number of benzene rings is 2. The quantitative estimate of drug-likeness (QED) is 0.362. The van der Waals surface area contributed by atoms with E-state index >= 15 is 0 Å². The Kier molecular flexibility index (Phi) is 7.76. The summed E-state index contributed by atoms with van der Waals surface area (Å²) in [5, 5.41) is 10.4. The summed E-state index contributed by atoms with van der Waals surface area (Å²) >= 11 is 7.73. The number of nitrogens with zero attached hydrogens (tertiary/aromatic N) is 4. The van der Waals surface area contributed by atoms with E-state index in [-0.39, 0.29) is 5.91 Å². The van der Waals surface area contributed by atoms with Crippen LogP contribution in [0.3, 0.4) is 0 Å². The molecule has 3 aromatic rings. The summed E-state index contributed by atoms with van der Waals surface area (Å²) in [5.74, 6) is 1.25. The van der Waals surface area contributed by atoms with Crippen LogP contribution in [-0.4, -0.2) is 43.9 Å². The summed E-state index contributed by atoms with van der Waals surface area (Å²) < 4.78 is 2.06. The van der Waals surface area contributed by atoms with Gasteiger partial charge in [0.1, 0.15) is 0 Å². The summed E-state index contributed by atoms with van der Waals surface area (Å²) in [6.07, 6.45) is 5.93. The zero-order valence-corrected chi connectivity index (χ0v) is 21.1. The number of aryl methyl sites for hydroxylation is 2. The minimum atomic E-state index is 0.175. The van der Waals surface area contributed by atoms with Gasteiger partial charge in [0.15, 0.2) is 11.0 Å². The highest BCUT2D eigenvalue weighted by Crippen LogP contribution is 2.31. The van der Waals surface area contributed by atoms with E-state index < -0.39 is 0 Å². The molecule has 174 valence electrons. The molecule has 1 aromatic heterocycles. The lowest BCUT2D eigenvalue weighted by atomic mass is 9.94. The number of hydrogen-bond donors (Lipinski definition) is 0. The van der Waals surface area contributed by atoms with E-state index in [1.165, 1.54) is 31.0 Å². The Labute approximate surface area is 205 Å². The van der Waals surface area contributed by atoms with E-state index in [2.05, 4.69) is 58.6 Å². The lowest BCUT2D eigenvalue weighted by molar-refractivity contribution is -0.131. The molecule has 4 rings (SSSR count). The van der Waals surface area contributed by atoms with Crippen LogP contribution in [0.1, 0.15) is 50.2 Å². The summed E-state index contributed by atoms with van der Waals surface area (Å²) in [4.78, 5) is 15.2. The molecule has 0 atom stereocenters. The van der Waals surface area contributed by atoms with Gasteiger partial charge in [0.2, 0.25) is 5.91 Å². The minimum Gasteiger partial charge on any atom is -0.339 e. The number of rotatable bonds is 7. The fourth-order valence-corrected chi connectivity index (χ4v) is 5.62. The maximum Gasteiger partial charge on any atom is 0.233 e. The summed E-state index contributed by atoms with van der Waals surface area (Å²) in [7, 11) is 0. The first-order valence-electron chi connectivity index (χ1n) is 11.7. The maximum atomic E-state index is 13.2. The van der Waals surface area contributed by atoms with Crippen molar-refractivity contribution in [1.29, 1.82) is 0 Å². The predicted octanol–water partition coefficient (Wildman–Crippen LogP) is 6.48. The highest BCUT2D eigenvalue weighted by atomic mass is 35.5. The van der Waals surface area contributed by atoms with Crippen LogP contribution in [0, 0.1) is 13.8 Å². The lowest BCUT2D eigenvalue weighted by Crippen LogP contribution is -2.42. The third-order valence-electron chi connectivity index (χ3n) is 6.32. The first-order chi connectivity index (χ1) is 16.0. The Morgan fingerprint density at radius 2 is 1.91 bits per heavy atom. The van der Waals surface area contributed by atoms with E-state index in [9.17, 15) is 4.79 Å². The zero-order chi connectivity index (χ0) is 23.4. The molecule has 1 aliphatic rings. The molecule has 0 N–H and O–H groups in total. The van der Waals surface area contributed by atoms with Crippen molar-refractivity contribution in [3.63, 3.8) is 0 Å². The van der Waals surface area contributed by atoms with E-state index in [4.69, 9.17) is 11.6 Å². The molecule has 1 amide bonds. The van der Waals surface area contributed by atoms with Crippen molar-refractivity contribution in [2.45, 2.75) is 64.1 Å². The van der Waals surface area contributed by atoms with Crippen molar-refractivity contribution in [3.05, 3.63) is 58.6 Å². The molecule has 0 bridgehead atoms. The van der Waals surface area contributed by atoms with Crippen LogP contribution in [0.15, 0.2) is 47.6 Å². The van der Waals surface area contributed by atoms with E-state index in [1.54, 1.807) is 0 Å². The van der Waals surface area contributed by atoms with Crippen molar-refractivity contribution >= 4 is 29.3 Å². The molecule has 0 unspecified atom stereocenters. The molecule has 0 aliphatic heterocycles. The van der Waals surface area contributed by atoms with Crippen molar-refractivity contribution in [1.82, 2.24) is 19.7 Å². The number of halogens is 1. The van der Waals surface area contributed by atoms with Crippen molar-refractivity contribution < 1.29 is 4.79 Å². The average Bonchev–Trinajstić information content (AvgIpc) is 3.24. The smallest absolute Gasteiger partial charge is 0.233 e. The van der Waals surface area contributed by atoms with E-state index in [0.717, 1.165) is 47.6 Å². The van der Waals surface area contributed by atoms with Gasteiger partial charge in [-0.05, 0) is 62.9 Å². The molecular weight excluding hydrogens is 452 g/mol. The van der Waals surface area contributed by atoms with Gasteiger partial charge in [0, 0.05) is 23.2 Å². The minimum absolute atomic E-state index is 0.175. The molecule has 33 heavy (non-hydrogen) atoms. The van der Waals surface area contributed by atoms with Crippen LogP contribution >= 0.6 is 23.4 Å². The molecule has 1 saturated carbocycles. The van der Waals surface area contributed by atoms with Gasteiger partial charge in [-0.15, -0.1) is 10.2 Å². The van der Waals surface area contributed by atoms with Crippen molar-refractivity contribution in [3.8, 4) is 17.1 Å². The average molecular weight is 483 g/mol. The molecule has 1 fully saturated rings. The topological polar surface area (TPSA) is 51.0 Å². The van der Waals surface area contributed by atoms with Gasteiger partial charge in [-0.1, -0.05) is 66.9 Å². The fraction of sp³-hybridized carbons (Fsp3) is 0.423. The van der Waals surface area contributed by atoms with Gasteiger partial charge in [-0.2, -0.15) is 0 Å². The maximum absolute atomic E-state index is 13.2. The molecule has 7 heteroatoms. The van der Waals surface area contributed by atoms with E-state index in [0.29, 0.717) is 22.0 Å². The number of hydrogen-bond acceptors (Lipinski definition) is 4. The molecule has 0 spiro atoms. The summed E-state index contributed by atoms with van der Waals surface area (Å²) in [5.41, 5.74) is 4.19. The lowest BCUT2D eigenvalue weighted by Gasteiger charge is -2.33. The third-order valence-corrected chi connectivity index (χ3v) is 7.47. The largest absolute Gasteiger partial charge is 0.339 e. The molecule has 0 radical (unpaired) electrons. The Balaban J connectivity index is 1.65. The van der Waals surface area contributed by atoms with Gasteiger partial charge in [-0.25, -0.2) is 0 Å². The molecule has 5 nitrogen and oxygen atoms in total. The number of thioether (sulfide) groups is 1. The molecular formula is C26H31ClN4OS. The van der Waals surface area contributed by atoms with Gasteiger partial charge < -0.3 is 4.90 Å². The highest BCUT2D eigenvalue weighted by Gasteiger charge is 2.25. The standard InChI is InChI=1S/C26H31ClN4OS/c1-4-30(22-11-6-5-7-12-22)24(32)17-33-26-29-28-25(20-9-8-10-21(27)16-20)31(26)23-15-18(2)13-14-19(23)3/h8-10,13-16,22H,4-7,11-12,17H2,1-3H3. The Morgan fingerprint density at radius 3 is 2.64 bits per heavy atom. The molecule has 2 aromatic carbocycles. The fourth-order valence-electron chi connectivity index (χ4n) is 4.60. The van der Waals surface area contributed by atoms with Crippen LogP contribution in [0.4, 0.5) is 0 Å². The number of aromatic nitrogens is 3. The monoisotopic (exact) mass is 482 g/mol. The van der Waals surface area contributed by atoms with Crippen LogP contribution in [0.5, 0.6) is 0 Å². The SMILES string of the molecule is CCN(C(=O)CSc1nnc(-c2cccc(Cl)c2)n1-c1cc(C)ccc1C)C1CCCCC1. The van der Waals surface area contributed by atoms with Gasteiger partial charge in [0.05, 0.1) is 11.4 Å². The van der Waals surface area contributed by atoms with Crippen LogP contribution in [-0.2, 0) is 4.79 Å². The molecule has 1 aliphatic carbocycles. The summed E-state index contributed by atoms with van der Waals surface area (Å²) in [6, 6.07) is 14.4. The Bertz CT molecular complexity index is 1120. The van der Waals surface area contributed by atoms with Crippen LogP contribution in [0.2, 0.25) is 5.02 Å². The number of carbonyl (C=O) groups is 1. The van der Waals surface area contributed by atoms with Gasteiger partial charge in [-0.3, -0.25) is 9.36 Å². The highest BCUT2D eigenvalue weighted by molar-refractivity contribution is 7.99. The van der Waals surface area contributed by atoms with Crippen LogP contribution < -0.4 is 0 Å². The second kappa shape index (κ2) is 10.7. The predicted molar refractivity (Wildman–Crippen MR) is 136 cm³/mol.